The van der Waals surface area contributed by atoms with Gasteiger partial charge in [0.05, 0.1) is 7.11 Å². The van der Waals surface area contributed by atoms with Crippen LogP contribution in [0.1, 0.15) is 12.8 Å². The molecule has 2 N–H and O–H groups in total. The van der Waals surface area contributed by atoms with Crippen LogP contribution >= 0.6 is 0 Å². The molecule has 0 heterocycles. The van der Waals surface area contributed by atoms with Gasteiger partial charge in [-0.2, -0.15) is 0 Å². The SMILES string of the molecule is COC(=O)C1(S(N)(=O)=O)CC1. The second-order valence-corrected chi connectivity index (χ2v) is 4.40. The Morgan fingerprint density at radius 1 is 1.55 bits per heavy atom. The summed E-state index contributed by atoms with van der Waals surface area (Å²) in [6.07, 6.45) is 0.553. The highest BCUT2D eigenvalue weighted by molar-refractivity contribution is 7.91. The molecular weight excluding hydrogens is 170 g/mol. The quantitative estimate of drug-likeness (QED) is 0.550. The van der Waals surface area contributed by atoms with Crippen molar-refractivity contribution in [3.8, 4) is 0 Å². The van der Waals surface area contributed by atoms with Crippen LogP contribution in [0.5, 0.6) is 0 Å². The second-order valence-electron chi connectivity index (χ2n) is 2.53. The Bertz CT molecular complexity index is 277. The van der Waals surface area contributed by atoms with Crippen LogP contribution in [-0.2, 0) is 19.6 Å². The fourth-order valence-corrected chi connectivity index (χ4v) is 1.89. The molecule has 0 aromatic heterocycles. The minimum Gasteiger partial charge on any atom is -0.468 e. The first kappa shape index (κ1) is 8.48. The molecule has 1 fully saturated rings. The molecule has 11 heavy (non-hydrogen) atoms. The Morgan fingerprint density at radius 2 is 2.00 bits per heavy atom. The van der Waals surface area contributed by atoms with E-state index < -0.39 is 20.7 Å². The van der Waals surface area contributed by atoms with Crippen molar-refractivity contribution in [3.05, 3.63) is 0 Å². The van der Waals surface area contributed by atoms with E-state index in [2.05, 4.69) is 4.74 Å². The number of methoxy groups -OCH3 is 1. The van der Waals surface area contributed by atoms with E-state index in [1.54, 1.807) is 0 Å². The van der Waals surface area contributed by atoms with Crippen LogP contribution in [0, 0.1) is 0 Å². The van der Waals surface area contributed by atoms with Crippen molar-refractivity contribution >= 4 is 16.0 Å². The van der Waals surface area contributed by atoms with E-state index in [-0.39, 0.29) is 12.8 Å². The minimum atomic E-state index is -3.78. The highest BCUT2D eigenvalue weighted by Gasteiger charge is 2.60. The van der Waals surface area contributed by atoms with Crippen molar-refractivity contribution in [1.29, 1.82) is 0 Å². The van der Waals surface area contributed by atoms with Gasteiger partial charge in [0.2, 0.25) is 10.0 Å². The summed E-state index contributed by atoms with van der Waals surface area (Å²) in [6, 6.07) is 0. The molecule has 6 heteroatoms. The van der Waals surface area contributed by atoms with Gasteiger partial charge in [0.1, 0.15) is 0 Å². The zero-order valence-electron chi connectivity index (χ0n) is 6.03. The maximum absolute atomic E-state index is 10.9. The van der Waals surface area contributed by atoms with E-state index in [1.165, 1.54) is 0 Å². The summed E-state index contributed by atoms with van der Waals surface area (Å²) in [4.78, 5) is 10.9. The monoisotopic (exact) mass is 179 g/mol. The van der Waals surface area contributed by atoms with Crippen LogP contribution < -0.4 is 5.14 Å². The van der Waals surface area contributed by atoms with E-state index in [9.17, 15) is 13.2 Å². The van der Waals surface area contributed by atoms with Gasteiger partial charge in [-0.25, -0.2) is 13.6 Å². The normalized spacial score (nSPS) is 20.9. The molecule has 1 rings (SSSR count). The Balaban J connectivity index is 2.94. The number of sulfonamides is 1. The largest absolute Gasteiger partial charge is 0.468 e. The molecule has 1 aliphatic carbocycles. The molecule has 0 aromatic rings. The Kier molecular flexibility index (Phi) is 1.68. The lowest BCUT2D eigenvalue weighted by Crippen LogP contribution is -2.38. The first-order valence-electron chi connectivity index (χ1n) is 3.05. The summed E-state index contributed by atoms with van der Waals surface area (Å²) in [5.74, 6) is -0.750. The van der Waals surface area contributed by atoms with Crippen LogP contribution in [-0.4, -0.2) is 26.2 Å². The summed E-state index contributed by atoms with van der Waals surface area (Å²) in [5, 5.41) is 4.82. The van der Waals surface area contributed by atoms with Crippen LogP contribution in [0.15, 0.2) is 0 Å². The van der Waals surface area contributed by atoms with Crippen molar-refractivity contribution in [3.63, 3.8) is 0 Å². The molecule has 0 spiro atoms. The lowest BCUT2D eigenvalue weighted by molar-refractivity contribution is -0.140. The number of nitrogens with two attached hydrogens (primary N) is 1. The molecule has 0 bridgehead atoms. The molecule has 1 aliphatic rings. The van der Waals surface area contributed by atoms with Crippen molar-refractivity contribution in [2.75, 3.05) is 7.11 Å². The van der Waals surface area contributed by atoms with E-state index in [0.29, 0.717) is 0 Å². The maximum Gasteiger partial charge on any atom is 0.328 e. The Labute approximate surface area is 64.6 Å². The number of hydrogen-bond donors (Lipinski definition) is 1. The van der Waals surface area contributed by atoms with Gasteiger partial charge in [0.25, 0.3) is 0 Å². The van der Waals surface area contributed by atoms with Crippen molar-refractivity contribution in [1.82, 2.24) is 0 Å². The number of ether oxygens (including phenoxy) is 1. The van der Waals surface area contributed by atoms with E-state index in [0.717, 1.165) is 7.11 Å². The summed E-state index contributed by atoms with van der Waals surface area (Å²) < 4.78 is 24.5. The third kappa shape index (κ3) is 1.12. The minimum absolute atomic E-state index is 0.276. The number of esters is 1. The number of carbonyl (C=O) groups excluding carboxylic acids is 1. The third-order valence-electron chi connectivity index (χ3n) is 1.81. The average Bonchev–Trinajstić information content (AvgIpc) is 2.63. The molecular formula is C5H9NO4S. The van der Waals surface area contributed by atoms with Gasteiger partial charge in [-0.1, -0.05) is 0 Å². The first-order chi connectivity index (χ1) is 4.94. The zero-order valence-corrected chi connectivity index (χ0v) is 6.85. The summed E-state index contributed by atoms with van der Waals surface area (Å²) in [5.41, 5.74) is 0. The molecule has 0 saturated heterocycles. The summed E-state index contributed by atoms with van der Waals surface area (Å²) in [6.45, 7) is 0. The Morgan fingerprint density at radius 3 is 2.09 bits per heavy atom. The topological polar surface area (TPSA) is 86.5 Å². The van der Waals surface area contributed by atoms with E-state index >= 15 is 0 Å². The highest BCUT2D eigenvalue weighted by Crippen LogP contribution is 2.42. The molecule has 0 amide bonds. The average molecular weight is 179 g/mol. The van der Waals surface area contributed by atoms with Crippen molar-refractivity contribution in [2.45, 2.75) is 17.6 Å². The first-order valence-corrected chi connectivity index (χ1v) is 4.59. The molecule has 64 valence electrons. The van der Waals surface area contributed by atoms with Gasteiger partial charge in [0, 0.05) is 0 Å². The third-order valence-corrected chi connectivity index (χ3v) is 3.47. The smallest absolute Gasteiger partial charge is 0.328 e. The molecule has 0 radical (unpaired) electrons. The summed E-state index contributed by atoms with van der Waals surface area (Å²) in [7, 11) is -2.63. The fourth-order valence-electron chi connectivity index (χ4n) is 0.904. The molecule has 0 unspecified atom stereocenters. The van der Waals surface area contributed by atoms with Gasteiger partial charge in [-0.3, -0.25) is 4.79 Å². The Hall–Kier alpha value is -0.620. The standard InChI is InChI=1S/C5H9NO4S/c1-10-4(7)5(2-3-5)11(6,8)9/h2-3H2,1H3,(H2,6,8,9). The predicted octanol–water partition coefficient (Wildman–Crippen LogP) is -1.02. The van der Waals surface area contributed by atoms with Crippen molar-refractivity contribution < 1.29 is 17.9 Å². The van der Waals surface area contributed by atoms with Crippen LogP contribution in [0.3, 0.4) is 0 Å². The maximum atomic E-state index is 10.9. The highest BCUT2D eigenvalue weighted by atomic mass is 32.2. The van der Waals surface area contributed by atoms with Gasteiger partial charge >= 0.3 is 5.97 Å². The predicted molar refractivity (Wildman–Crippen MR) is 37.1 cm³/mol. The number of hydrogen-bond acceptors (Lipinski definition) is 4. The lowest BCUT2D eigenvalue weighted by Gasteiger charge is -2.08. The molecule has 0 aromatic carbocycles. The van der Waals surface area contributed by atoms with Crippen LogP contribution in [0.4, 0.5) is 0 Å². The van der Waals surface area contributed by atoms with Gasteiger partial charge < -0.3 is 4.74 Å². The van der Waals surface area contributed by atoms with Crippen LogP contribution in [0.2, 0.25) is 0 Å². The molecule has 5 nitrogen and oxygen atoms in total. The van der Waals surface area contributed by atoms with E-state index in [1.807, 2.05) is 0 Å². The number of primary sulfonamides is 1. The molecule has 0 atom stereocenters. The van der Waals surface area contributed by atoms with Gasteiger partial charge in [0.15, 0.2) is 4.75 Å². The van der Waals surface area contributed by atoms with Gasteiger partial charge in [-0.15, -0.1) is 0 Å². The van der Waals surface area contributed by atoms with Crippen LogP contribution in [0.25, 0.3) is 0 Å². The molecule has 0 aliphatic heterocycles. The van der Waals surface area contributed by atoms with Gasteiger partial charge in [-0.05, 0) is 12.8 Å². The number of carbonyl (C=O) groups is 1. The molecule has 1 saturated carbocycles. The lowest BCUT2D eigenvalue weighted by atomic mass is 10.4. The van der Waals surface area contributed by atoms with E-state index in [4.69, 9.17) is 5.14 Å². The fraction of sp³-hybridized carbons (Fsp3) is 0.800. The zero-order chi connectivity index (χ0) is 8.70. The number of rotatable bonds is 2. The van der Waals surface area contributed by atoms with Crippen molar-refractivity contribution in [2.24, 2.45) is 5.14 Å². The second kappa shape index (κ2) is 2.18. The summed E-state index contributed by atoms with van der Waals surface area (Å²) >= 11 is 0.